The Labute approximate surface area is 198 Å². The van der Waals surface area contributed by atoms with Crippen molar-refractivity contribution in [2.24, 2.45) is 0 Å². The molecule has 2 atom stereocenters. The van der Waals surface area contributed by atoms with Gasteiger partial charge in [0.1, 0.15) is 23.8 Å². The van der Waals surface area contributed by atoms with Gasteiger partial charge in [-0.2, -0.15) is 0 Å². The average molecular weight is 467 g/mol. The van der Waals surface area contributed by atoms with Crippen molar-refractivity contribution in [2.75, 3.05) is 13.2 Å². The number of fused-ring (bicyclic) bond motifs is 1. The Morgan fingerprint density at radius 3 is 2.65 bits per heavy atom. The number of ether oxygens (including phenoxy) is 2. The summed E-state index contributed by atoms with van der Waals surface area (Å²) in [5.41, 5.74) is 1.18. The zero-order valence-corrected chi connectivity index (χ0v) is 20.0. The van der Waals surface area contributed by atoms with Crippen molar-refractivity contribution in [3.05, 3.63) is 63.5 Å². The highest BCUT2D eigenvalue weighted by atomic mass is 16.5. The van der Waals surface area contributed by atoms with Crippen LogP contribution in [0.15, 0.2) is 45.6 Å². The second-order valence-corrected chi connectivity index (χ2v) is 9.00. The zero-order valence-electron chi connectivity index (χ0n) is 20.0. The number of rotatable bonds is 7. The fourth-order valence-electron chi connectivity index (χ4n) is 4.48. The van der Waals surface area contributed by atoms with Gasteiger partial charge < -0.3 is 23.9 Å². The molecule has 0 amide bonds. The van der Waals surface area contributed by atoms with Gasteiger partial charge in [-0.1, -0.05) is 6.92 Å². The van der Waals surface area contributed by atoms with Gasteiger partial charge in [0.15, 0.2) is 5.58 Å². The summed E-state index contributed by atoms with van der Waals surface area (Å²) in [5.74, 6) is 0.570. The summed E-state index contributed by atoms with van der Waals surface area (Å²) in [6.07, 6.45) is 4.28. The number of esters is 1. The number of carbonyl (C=O) groups is 1. The van der Waals surface area contributed by atoms with Crippen LogP contribution >= 0.6 is 0 Å². The van der Waals surface area contributed by atoms with E-state index >= 15 is 0 Å². The molecule has 3 aromatic rings. The molecule has 1 aliphatic rings. The van der Waals surface area contributed by atoms with Crippen LogP contribution in [-0.4, -0.2) is 30.3 Å². The number of phenolic OH excluding ortho intramolecular Hbond substituents is 1. The van der Waals surface area contributed by atoms with Crippen LogP contribution in [0.5, 0.6) is 17.2 Å². The maximum absolute atomic E-state index is 13.3. The fraction of sp³-hybridized carbons (Fsp3) is 0.407. The van der Waals surface area contributed by atoms with E-state index in [-0.39, 0.29) is 16.9 Å². The molecular weight excluding hydrogens is 434 g/mol. The van der Waals surface area contributed by atoms with Crippen LogP contribution in [0, 0.1) is 6.92 Å². The summed E-state index contributed by atoms with van der Waals surface area (Å²) < 4.78 is 17.1. The summed E-state index contributed by atoms with van der Waals surface area (Å²) >= 11 is 0. The Kier molecular flexibility index (Phi) is 7.22. The quantitative estimate of drug-likeness (QED) is 0.509. The highest BCUT2D eigenvalue weighted by molar-refractivity contribution is 5.89. The van der Waals surface area contributed by atoms with Crippen molar-refractivity contribution in [2.45, 2.75) is 59.0 Å². The Hall–Kier alpha value is -3.32. The molecule has 34 heavy (non-hydrogen) atoms. The summed E-state index contributed by atoms with van der Waals surface area (Å²) in [6, 6.07) is 10.1. The molecule has 180 valence electrons. The van der Waals surface area contributed by atoms with E-state index < -0.39 is 5.97 Å². The third-order valence-corrected chi connectivity index (χ3v) is 6.49. The molecule has 1 unspecified atom stereocenters. The van der Waals surface area contributed by atoms with Gasteiger partial charge in [-0.05, 0) is 75.9 Å². The van der Waals surface area contributed by atoms with Gasteiger partial charge in [-0.3, -0.25) is 4.79 Å². The highest BCUT2D eigenvalue weighted by Crippen LogP contribution is 2.31. The van der Waals surface area contributed by atoms with Gasteiger partial charge in [-0.15, -0.1) is 0 Å². The van der Waals surface area contributed by atoms with E-state index in [1.54, 1.807) is 43.3 Å². The van der Waals surface area contributed by atoms with E-state index in [0.29, 0.717) is 52.8 Å². The molecule has 1 saturated heterocycles. The molecule has 7 nitrogen and oxygen atoms in total. The Balaban J connectivity index is 1.63. The lowest BCUT2D eigenvalue weighted by atomic mass is 10.0. The third kappa shape index (κ3) is 4.94. The van der Waals surface area contributed by atoms with Crippen LogP contribution in [0.25, 0.3) is 11.0 Å². The molecule has 1 aromatic heterocycles. The lowest BCUT2D eigenvalue weighted by molar-refractivity contribution is -0.941. The fourth-order valence-corrected chi connectivity index (χ4v) is 4.48. The smallest absolute Gasteiger partial charge is 0.338 e. The zero-order chi connectivity index (χ0) is 24.2. The molecule has 4 rings (SSSR count). The number of piperidine rings is 1. The lowest BCUT2D eigenvalue weighted by Gasteiger charge is -2.30. The molecule has 0 spiro atoms. The minimum Gasteiger partial charge on any atom is -0.507 e. The molecule has 7 heteroatoms. The third-order valence-electron chi connectivity index (χ3n) is 6.49. The lowest BCUT2D eigenvalue weighted by Crippen LogP contribution is -3.14. The monoisotopic (exact) mass is 466 g/mol. The maximum Gasteiger partial charge on any atom is 0.338 e. The van der Waals surface area contributed by atoms with E-state index in [2.05, 4.69) is 6.92 Å². The van der Waals surface area contributed by atoms with E-state index in [0.717, 1.165) is 25.8 Å². The van der Waals surface area contributed by atoms with Crippen molar-refractivity contribution in [1.82, 2.24) is 0 Å². The Morgan fingerprint density at radius 1 is 1.18 bits per heavy atom. The second-order valence-electron chi connectivity index (χ2n) is 9.00. The number of carbonyl (C=O) groups excluding carboxylic acids is 1. The summed E-state index contributed by atoms with van der Waals surface area (Å²) in [7, 11) is 0. The maximum atomic E-state index is 13.3. The molecule has 2 heterocycles. The number of likely N-dealkylation sites (tertiary alicyclic amines) is 1. The molecule has 1 fully saturated rings. The topological polar surface area (TPSA) is 90.4 Å². The van der Waals surface area contributed by atoms with Gasteiger partial charge in [0.05, 0.1) is 35.7 Å². The number of benzene rings is 2. The van der Waals surface area contributed by atoms with Gasteiger partial charge >= 0.3 is 5.97 Å². The van der Waals surface area contributed by atoms with E-state index in [1.807, 2.05) is 6.92 Å². The standard InChI is InChI=1S/C27H31NO6/c1-4-15-32-27(31)19-8-10-20(11-9-19)34-25-18(3)33-26-21(24(25)30)12-13-23(29)22(26)16-28-14-6-5-7-17(28)2/h8-13,17,29H,4-7,14-16H2,1-3H3/p+1/t17-/m1/s1. The first-order valence-electron chi connectivity index (χ1n) is 12.0. The molecule has 2 N–H and O–H groups in total. The van der Waals surface area contributed by atoms with Crippen molar-refractivity contribution in [1.29, 1.82) is 0 Å². The summed E-state index contributed by atoms with van der Waals surface area (Å²) in [5, 5.41) is 11.0. The van der Waals surface area contributed by atoms with Crippen LogP contribution in [0.2, 0.25) is 0 Å². The predicted molar refractivity (Wildman–Crippen MR) is 129 cm³/mol. The molecule has 0 saturated carbocycles. The van der Waals surface area contributed by atoms with E-state index in [9.17, 15) is 14.7 Å². The highest BCUT2D eigenvalue weighted by Gasteiger charge is 2.26. The SMILES string of the molecule is CCCOC(=O)c1ccc(Oc2c(C)oc3c(C[NH+]4CCCC[C@H]4C)c(O)ccc3c2=O)cc1. The van der Waals surface area contributed by atoms with Crippen LogP contribution in [-0.2, 0) is 11.3 Å². The first kappa shape index (κ1) is 23.8. The minimum atomic E-state index is -0.396. The van der Waals surface area contributed by atoms with Gasteiger partial charge in [0.2, 0.25) is 11.2 Å². The molecular formula is C27H32NO6+. The molecule has 0 radical (unpaired) electrons. The number of hydrogen-bond donors (Lipinski definition) is 2. The van der Waals surface area contributed by atoms with Crippen LogP contribution in [0.1, 0.15) is 61.2 Å². The van der Waals surface area contributed by atoms with Crippen LogP contribution in [0.4, 0.5) is 0 Å². The summed E-state index contributed by atoms with van der Waals surface area (Å²) in [4.78, 5) is 26.7. The first-order valence-corrected chi connectivity index (χ1v) is 12.0. The molecule has 1 aliphatic heterocycles. The molecule has 0 bridgehead atoms. The Morgan fingerprint density at radius 2 is 1.94 bits per heavy atom. The van der Waals surface area contributed by atoms with E-state index in [4.69, 9.17) is 13.9 Å². The summed E-state index contributed by atoms with van der Waals surface area (Å²) in [6.45, 7) is 7.83. The first-order chi connectivity index (χ1) is 16.4. The Bertz CT molecular complexity index is 1230. The van der Waals surface area contributed by atoms with Gasteiger partial charge in [0, 0.05) is 0 Å². The van der Waals surface area contributed by atoms with Crippen molar-refractivity contribution >= 4 is 16.9 Å². The molecule has 0 aliphatic carbocycles. The van der Waals surface area contributed by atoms with Gasteiger partial charge in [0.25, 0.3) is 0 Å². The van der Waals surface area contributed by atoms with Crippen molar-refractivity contribution < 1.29 is 28.7 Å². The second kappa shape index (κ2) is 10.3. The van der Waals surface area contributed by atoms with Crippen LogP contribution in [0.3, 0.4) is 0 Å². The van der Waals surface area contributed by atoms with Gasteiger partial charge in [-0.25, -0.2) is 4.79 Å². The number of quaternary nitrogens is 1. The van der Waals surface area contributed by atoms with E-state index in [1.165, 1.54) is 11.3 Å². The number of hydrogen-bond acceptors (Lipinski definition) is 6. The predicted octanol–water partition coefficient (Wildman–Crippen LogP) is 4.12. The molecule has 2 aromatic carbocycles. The largest absolute Gasteiger partial charge is 0.507 e. The minimum absolute atomic E-state index is 0.0872. The van der Waals surface area contributed by atoms with Crippen molar-refractivity contribution in [3.8, 4) is 17.2 Å². The average Bonchev–Trinajstić information content (AvgIpc) is 2.83. The number of phenols is 1. The van der Waals surface area contributed by atoms with Crippen molar-refractivity contribution in [3.63, 3.8) is 0 Å². The van der Waals surface area contributed by atoms with Crippen LogP contribution < -0.4 is 15.1 Å². The number of aromatic hydroxyl groups is 1. The number of nitrogens with one attached hydrogen (secondary N) is 1. The normalized spacial score (nSPS) is 18.1. The number of aryl methyl sites for hydroxylation is 1.